The average Bonchev–Trinajstić information content (AvgIpc) is 2.74. The van der Waals surface area contributed by atoms with E-state index in [0.29, 0.717) is 0 Å². The van der Waals surface area contributed by atoms with E-state index in [1.807, 2.05) is 0 Å². The van der Waals surface area contributed by atoms with Gasteiger partial charge in [0.2, 0.25) is 0 Å². The first kappa shape index (κ1) is 11.7. The lowest BCUT2D eigenvalue weighted by molar-refractivity contribution is 0.601. The Morgan fingerprint density at radius 3 is 1.40 bits per heavy atom. The third kappa shape index (κ3) is 2.32. The molecular weight excluding hydrogens is 196 g/mol. The second-order valence-corrected chi connectivity index (χ2v) is 12.3. The maximum Gasteiger partial charge on any atom is 0.0536 e. The van der Waals surface area contributed by atoms with Gasteiger partial charge in [0.1, 0.15) is 0 Å². The molecule has 15 heavy (non-hydrogen) atoms. The summed E-state index contributed by atoms with van der Waals surface area (Å²) in [5.41, 5.74) is 2.31. The van der Waals surface area contributed by atoms with Gasteiger partial charge in [-0.25, -0.2) is 0 Å². The summed E-state index contributed by atoms with van der Waals surface area (Å²) in [6.45, 7) is 10.3. The molecule has 0 nitrogen and oxygen atoms in total. The monoisotopic (exact) mass is 224 g/mol. The van der Waals surface area contributed by atoms with Crippen molar-refractivity contribution in [3.63, 3.8) is 0 Å². The predicted octanol–water partition coefficient (Wildman–Crippen LogP) is 5.08. The van der Waals surface area contributed by atoms with Crippen LogP contribution < -0.4 is 0 Å². The molecule has 0 aliphatic heterocycles. The zero-order chi connectivity index (χ0) is 11.1. The lowest BCUT2D eigenvalue weighted by Gasteiger charge is -2.36. The van der Waals surface area contributed by atoms with E-state index in [-0.39, 0.29) is 0 Å². The van der Waals surface area contributed by atoms with Crippen molar-refractivity contribution in [3.05, 3.63) is 0 Å². The zero-order valence-electron chi connectivity index (χ0n) is 11.1. The van der Waals surface area contributed by atoms with Crippen molar-refractivity contribution in [3.8, 4) is 0 Å². The molecule has 2 aliphatic rings. The van der Waals surface area contributed by atoms with Crippen molar-refractivity contribution >= 4 is 8.07 Å². The smallest absolute Gasteiger partial charge is 0.0536 e. The normalized spacial score (nSPS) is 42.4. The molecule has 2 unspecified atom stereocenters. The lowest BCUT2D eigenvalue weighted by Crippen LogP contribution is -2.36. The molecule has 4 atom stereocenters. The van der Waals surface area contributed by atoms with E-state index in [1.165, 1.54) is 12.8 Å². The Morgan fingerprint density at radius 2 is 1.13 bits per heavy atom. The highest BCUT2D eigenvalue weighted by atomic mass is 28.3. The Bertz CT molecular complexity index is 199. The van der Waals surface area contributed by atoms with Crippen LogP contribution in [0.2, 0.25) is 24.2 Å². The first-order chi connectivity index (χ1) is 7.00. The van der Waals surface area contributed by atoms with Gasteiger partial charge in [0, 0.05) is 0 Å². The molecule has 88 valence electrons. The fourth-order valence-electron chi connectivity index (χ4n) is 4.10. The van der Waals surface area contributed by atoms with Crippen LogP contribution in [0.25, 0.3) is 0 Å². The molecule has 0 aromatic rings. The van der Waals surface area contributed by atoms with Crippen LogP contribution >= 0.6 is 0 Å². The second-order valence-electron chi connectivity index (χ2n) is 7.05. The fraction of sp³-hybridized carbons (Fsp3) is 1.00. The van der Waals surface area contributed by atoms with Gasteiger partial charge < -0.3 is 0 Å². The third-order valence-electron chi connectivity index (χ3n) is 5.49. The molecule has 0 aromatic carbocycles. The van der Waals surface area contributed by atoms with Gasteiger partial charge in [0.05, 0.1) is 8.07 Å². The predicted molar refractivity (Wildman–Crippen MR) is 71.0 cm³/mol. The molecule has 0 amide bonds. The molecule has 2 rings (SSSR count). The van der Waals surface area contributed by atoms with Crippen LogP contribution in [0.15, 0.2) is 0 Å². The van der Waals surface area contributed by atoms with Gasteiger partial charge in [-0.15, -0.1) is 0 Å². The van der Waals surface area contributed by atoms with Crippen molar-refractivity contribution in [2.24, 2.45) is 11.8 Å². The highest BCUT2D eigenvalue weighted by Gasteiger charge is 2.43. The average molecular weight is 224 g/mol. The SMILES string of the molecule is CC1CC[C@@H]([Si](C)(C)[C@H]2CCC(C)C2)C1. The van der Waals surface area contributed by atoms with Crippen molar-refractivity contribution in [1.29, 1.82) is 0 Å². The van der Waals surface area contributed by atoms with E-state index in [0.717, 1.165) is 22.9 Å². The van der Waals surface area contributed by atoms with Gasteiger partial charge in [-0.2, -0.15) is 0 Å². The Balaban J connectivity index is 1.99. The van der Waals surface area contributed by atoms with Crippen LogP contribution in [-0.4, -0.2) is 8.07 Å². The van der Waals surface area contributed by atoms with Gasteiger partial charge in [0.15, 0.2) is 0 Å². The molecule has 1 heteroatoms. The van der Waals surface area contributed by atoms with Crippen molar-refractivity contribution in [2.75, 3.05) is 0 Å². The number of rotatable bonds is 2. The molecular formula is C14H28Si. The summed E-state index contributed by atoms with van der Waals surface area (Å²) in [7, 11) is -0.921. The van der Waals surface area contributed by atoms with E-state index >= 15 is 0 Å². The summed E-state index contributed by atoms with van der Waals surface area (Å²) in [5, 5.41) is 0. The van der Waals surface area contributed by atoms with E-state index in [2.05, 4.69) is 26.9 Å². The van der Waals surface area contributed by atoms with Crippen LogP contribution in [0.1, 0.15) is 52.4 Å². The Morgan fingerprint density at radius 1 is 0.733 bits per heavy atom. The Labute approximate surface area is 96.9 Å². The maximum atomic E-state index is 2.69. The fourth-order valence-corrected chi connectivity index (χ4v) is 8.61. The van der Waals surface area contributed by atoms with Crippen LogP contribution in [0.5, 0.6) is 0 Å². The summed E-state index contributed by atoms with van der Waals surface area (Å²) in [6.07, 6.45) is 9.28. The Kier molecular flexibility index (Phi) is 3.30. The number of hydrogen-bond acceptors (Lipinski definition) is 0. The van der Waals surface area contributed by atoms with Gasteiger partial charge in [0.25, 0.3) is 0 Å². The quantitative estimate of drug-likeness (QED) is 0.574. The van der Waals surface area contributed by atoms with E-state index in [1.54, 1.807) is 25.7 Å². The van der Waals surface area contributed by atoms with E-state index < -0.39 is 8.07 Å². The van der Waals surface area contributed by atoms with E-state index in [4.69, 9.17) is 0 Å². The summed E-state index contributed by atoms with van der Waals surface area (Å²) in [6, 6.07) is 0. The van der Waals surface area contributed by atoms with Gasteiger partial charge in [-0.1, -0.05) is 65.5 Å². The molecule has 0 saturated heterocycles. The summed E-state index contributed by atoms with van der Waals surface area (Å²) >= 11 is 0. The molecule has 2 aliphatic carbocycles. The molecule has 0 heterocycles. The van der Waals surface area contributed by atoms with Crippen molar-refractivity contribution < 1.29 is 0 Å². The standard InChI is InChI=1S/C14H28Si/c1-11-5-7-13(9-11)15(3,4)14-8-6-12(2)10-14/h11-14H,5-10H2,1-4H3/t11?,12?,13-,14+. The maximum absolute atomic E-state index is 2.69. The third-order valence-corrected chi connectivity index (χ3v) is 10.8. The van der Waals surface area contributed by atoms with Gasteiger partial charge in [-0.05, 0) is 22.9 Å². The molecule has 2 fully saturated rings. The van der Waals surface area contributed by atoms with Crippen molar-refractivity contribution in [1.82, 2.24) is 0 Å². The first-order valence-corrected chi connectivity index (χ1v) is 10.2. The highest BCUT2D eigenvalue weighted by molar-refractivity contribution is 6.80. The summed E-state index contributed by atoms with van der Waals surface area (Å²) < 4.78 is 0. The van der Waals surface area contributed by atoms with Gasteiger partial charge in [-0.3, -0.25) is 0 Å². The van der Waals surface area contributed by atoms with Crippen LogP contribution in [-0.2, 0) is 0 Å². The van der Waals surface area contributed by atoms with Crippen molar-refractivity contribution in [2.45, 2.75) is 76.5 Å². The minimum Gasteiger partial charge on any atom is -0.0689 e. The molecule has 2 saturated carbocycles. The molecule has 0 radical (unpaired) electrons. The Hall–Kier alpha value is 0.217. The zero-order valence-corrected chi connectivity index (χ0v) is 12.1. The topological polar surface area (TPSA) is 0 Å². The molecule has 0 aromatic heterocycles. The number of hydrogen-bond donors (Lipinski definition) is 0. The largest absolute Gasteiger partial charge is 0.0689 e. The summed E-state index contributed by atoms with van der Waals surface area (Å²) in [4.78, 5) is 0. The second kappa shape index (κ2) is 4.23. The molecule has 0 spiro atoms. The summed E-state index contributed by atoms with van der Waals surface area (Å²) in [5.74, 6) is 2.06. The highest BCUT2D eigenvalue weighted by Crippen LogP contribution is 2.52. The van der Waals surface area contributed by atoms with Crippen LogP contribution in [0, 0.1) is 11.8 Å². The molecule has 0 N–H and O–H groups in total. The minimum absolute atomic E-state index is 0.921. The first-order valence-electron chi connectivity index (χ1n) is 7.00. The van der Waals surface area contributed by atoms with Gasteiger partial charge >= 0.3 is 0 Å². The van der Waals surface area contributed by atoms with Crippen LogP contribution in [0.4, 0.5) is 0 Å². The minimum atomic E-state index is -0.921. The molecule has 0 bridgehead atoms. The lowest BCUT2D eigenvalue weighted by atomic mass is 10.1. The van der Waals surface area contributed by atoms with E-state index in [9.17, 15) is 0 Å². The van der Waals surface area contributed by atoms with Crippen LogP contribution in [0.3, 0.4) is 0 Å².